The maximum absolute atomic E-state index is 13.2. The molecule has 3 heterocycles. The van der Waals surface area contributed by atoms with E-state index in [0.29, 0.717) is 0 Å². The van der Waals surface area contributed by atoms with Crippen molar-refractivity contribution in [3.8, 4) is 0 Å². The van der Waals surface area contributed by atoms with Crippen molar-refractivity contribution < 1.29 is 4.79 Å². The van der Waals surface area contributed by atoms with Gasteiger partial charge in [-0.3, -0.25) is 14.8 Å². The number of likely N-dealkylation sites (tertiary alicyclic amines) is 2. The van der Waals surface area contributed by atoms with Crippen molar-refractivity contribution in [3.05, 3.63) is 82.4 Å². The van der Waals surface area contributed by atoms with E-state index in [1.54, 1.807) is 0 Å². The fraction of sp³-hybridized carbons (Fsp3) is 0.400. The number of amides is 1. The number of hydrogen-bond acceptors (Lipinski definition) is 4. The third-order valence-corrected chi connectivity index (χ3v) is 6.66. The SMILES string of the molecule is Cc1cc(C)cc(C(=O)N2CC3(CN(Cc4ccccc4)CC3c3n[nH]c(C)n3)C2)c1. The third-order valence-electron chi connectivity index (χ3n) is 6.66. The van der Waals surface area contributed by atoms with Gasteiger partial charge < -0.3 is 4.90 Å². The third kappa shape index (κ3) is 3.76. The summed E-state index contributed by atoms with van der Waals surface area (Å²) in [6.07, 6.45) is 0. The minimum absolute atomic E-state index is 0.0118. The van der Waals surface area contributed by atoms with E-state index in [-0.39, 0.29) is 17.2 Å². The maximum Gasteiger partial charge on any atom is 0.253 e. The number of aromatic nitrogens is 3. The number of benzene rings is 2. The van der Waals surface area contributed by atoms with Gasteiger partial charge in [-0.2, -0.15) is 5.10 Å². The van der Waals surface area contributed by atoms with Crippen LogP contribution in [0.2, 0.25) is 0 Å². The van der Waals surface area contributed by atoms with Gasteiger partial charge in [0.2, 0.25) is 0 Å². The average molecular weight is 416 g/mol. The van der Waals surface area contributed by atoms with Crippen LogP contribution in [0.1, 0.15) is 44.6 Å². The van der Waals surface area contributed by atoms with E-state index >= 15 is 0 Å². The smallest absolute Gasteiger partial charge is 0.253 e. The predicted octanol–water partition coefficient (Wildman–Crippen LogP) is 3.47. The van der Waals surface area contributed by atoms with Gasteiger partial charge in [0.05, 0.1) is 0 Å². The van der Waals surface area contributed by atoms with Crippen LogP contribution in [0.5, 0.6) is 0 Å². The number of nitrogens with one attached hydrogen (secondary N) is 1. The van der Waals surface area contributed by atoms with Crippen LogP contribution in [0.4, 0.5) is 0 Å². The van der Waals surface area contributed by atoms with Gasteiger partial charge in [0.1, 0.15) is 5.82 Å². The van der Waals surface area contributed by atoms with Gasteiger partial charge in [0.15, 0.2) is 5.82 Å². The monoisotopic (exact) mass is 415 g/mol. The molecule has 5 rings (SSSR count). The fourth-order valence-electron chi connectivity index (χ4n) is 5.36. The van der Waals surface area contributed by atoms with E-state index < -0.39 is 0 Å². The van der Waals surface area contributed by atoms with E-state index in [4.69, 9.17) is 0 Å². The molecule has 6 nitrogen and oxygen atoms in total. The van der Waals surface area contributed by atoms with Gasteiger partial charge in [-0.05, 0) is 38.5 Å². The van der Waals surface area contributed by atoms with Gasteiger partial charge in [0, 0.05) is 49.6 Å². The lowest BCUT2D eigenvalue weighted by Crippen LogP contribution is -2.61. The highest BCUT2D eigenvalue weighted by Gasteiger charge is 2.57. The zero-order valence-electron chi connectivity index (χ0n) is 18.4. The molecule has 1 amide bonds. The Morgan fingerprint density at radius 3 is 2.42 bits per heavy atom. The van der Waals surface area contributed by atoms with Crippen LogP contribution in [0.3, 0.4) is 0 Å². The number of carbonyl (C=O) groups is 1. The minimum Gasteiger partial charge on any atom is -0.337 e. The molecular weight excluding hydrogens is 386 g/mol. The highest BCUT2D eigenvalue weighted by Crippen LogP contribution is 2.49. The van der Waals surface area contributed by atoms with Crippen molar-refractivity contribution in [2.45, 2.75) is 33.2 Å². The first kappa shape index (κ1) is 19.9. The molecule has 2 aromatic carbocycles. The molecule has 0 radical (unpaired) electrons. The molecular formula is C25H29N5O. The molecule has 2 fully saturated rings. The minimum atomic E-state index is 0.0118. The largest absolute Gasteiger partial charge is 0.337 e. The lowest BCUT2D eigenvalue weighted by molar-refractivity contribution is 0.00179. The molecule has 0 saturated carbocycles. The van der Waals surface area contributed by atoms with Crippen LogP contribution in [-0.2, 0) is 6.54 Å². The standard InChI is InChI=1S/C25H29N5O/c1-17-9-18(2)11-21(10-17)24(31)30-15-25(16-30)14-29(12-20-7-5-4-6-8-20)13-22(25)23-26-19(3)27-28-23/h4-11,22H,12-16H2,1-3H3,(H,26,27,28). The Bertz CT molecular complexity index is 1080. The Morgan fingerprint density at radius 2 is 1.77 bits per heavy atom. The van der Waals surface area contributed by atoms with Gasteiger partial charge in [-0.1, -0.05) is 47.5 Å². The van der Waals surface area contributed by atoms with E-state index in [2.05, 4.69) is 56.5 Å². The lowest BCUT2D eigenvalue weighted by atomic mass is 9.71. The Hall–Kier alpha value is -2.99. The first-order valence-corrected chi connectivity index (χ1v) is 10.9. The van der Waals surface area contributed by atoms with Gasteiger partial charge in [-0.25, -0.2) is 4.98 Å². The molecule has 2 aliphatic heterocycles. The number of aryl methyl sites for hydroxylation is 3. The summed E-state index contributed by atoms with van der Waals surface area (Å²) in [4.78, 5) is 22.3. The van der Waals surface area contributed by atoms with Crippen LogP contribution in [0, 0.1) is 26.2 Å². The number of carbonyl (C=O) groups excluding carboxylic acids is 1. The summed E-state index contributed by atoms with van der Waals surface area (Å²) in [5.74, 6) is 2.08. The van der Waals surface area contributed by atoms with Crippen LogP contribution in [0.15, 0.2) is 48.5 Å². The maximum atomic E-state index is 13.2. The summed E-state index contributed by atoms with van der Waals surface area (Å²) in [5, 5.41) is 7.51. The van der Waals surface area contributed by atoms with Crippen LogP contribution < -0.4 is 0 Å². The highest BCUT2D eigenvalue weighted by atomic mass is 16.2. The second-order valence-electron chi connectivity index (χ2n) is 9.39. The summed E-state index contributed by atoms with van der Waals surface area (Å²) in [7, 11) is 0. The van der Waals surface area contributed by atoms with E-state index in [9.17, 15) is 4.79 Å². The second kappa shape index (κ2) is 7.61. The van der Waals surface area contributed by atoms with Crippen molar-refractivity contribution >= 4 is 5.91 Å². The van der Waals surface area contributed by atoms with Crippen molar-refractivity contribution in [2.75, 3.05) is 26.2 Å². The number of rotatable bonds is 4. The fourth-order valence-corrected chi connectivity index (χ4v) is 5.36. The van der Waals surface area contributed by atoms with Crippen molar-refractivity contribution in [1.82, 2.24) is 25.0 Å². The number of aromatic amines is 1. The predicted molar refractivity (Wildman–Crippen MR) is 120 cm³/mol. The molecule has 1 atom stereocenters. The molecule has 1 N–H and O–H groups in total. The zero-order valence-corrected chi connectivity index (χ0v) is 18.4. The summed E-state index contributed by atoms with van der Waals surface area (Å²) in [6, 6.07) is 16.7. The van der Waals surface area contributed by atoms with E-state index in [0.717, 1.165) is 61.1 Å². The molecule has 1 aromatic heterocycles. The normalized spacial score (nSPS) is 20.2. The molecule has 2 aliphatic rings. The Labute approximate surface area is 183 Å². The summed E-state index contributed by atoms with van der Waals surface area (Å²) >= 11 is 0. The quantitative estimate of drug-likeness (QED) is 0.709. The van der Waals surface area contributed by atoms with Crippen LogP contribution >= 0.6 is 0 Å². The summed E-state index contributed by atoms with van der Waals surface area (Å²) in [5.41, 5.74) is 4.37. The average Bonchev–Trinajstić information content (AvgIpc) is 3.30. The molecule has 0 bridgehead atoms. The molecule has 2 saturated heterocycles. The number of H-pyrrole nitrogens is 1. The Kier molecular flexibility index (Phi) is 4.89. The molecule has 31 heavy (non-hydrogen) atoms. The number of nitrogens with zero attached hydrogens (tertiary/aromatic N) is 4. The van der Waals surface area contributed by atoms with Gasteiger partial charge in [-0.15, -0.1) is 0 Å². The Balaban J connectivity index is 1.36. The lowest BCUT2D eigenvalue weighted by Gasteiger charge is -2.50. The van der Waals surface area contributed by atoms with Gasteiger partial charge in [0.25, 0.3) is 5.91 Å². The highest BCUT2D eigenvalue weighted by molar-refractivity contribution is 5.95. The van der Waals surface area contributed by atoms with Gasteiger partial charge >= 0.3 is 0 Å². The molecule has 0 aliphatic carbocycles. The zero-order chi connectivity index (χ0) is 21.6. The Morgan fingerprint density at radius 1 is 1.06 bits per heavy atom. The molecule has 3 aromatic rings. The summed E-state index contributed by atoms with van der Waals surface area (Å²) < 4.78 is 0. The molecule has 6 heteroatoms. The molecule has 1 unspecified atom stereocenters. The van der Waals surface area contributed by atoms with E-state index in [1.165, 1.54) is 5.56 Å². The van der Waals surface area contributed by atoms with Crippen molar-refractivity contribution in [1.29, 1.82) is 0 Å². The van der Waals surface area contributed by atoms with Crippen LogP contribution in [-0.4, -0.2) is 57.1 Å². The number of hydrogen-bond donors (Lipinski definition) is 1. The second-order valence-corrected chi connectivity index (χ2v) is 9.39. The topological polar surface area (TPSA) is 65.1 Å². The van der Waals surface area contributed by atoms with Crippen molar-refractivity contribution in [3.63, 3.8) is 0 Å². The van der Waals surface area contributed by atoms with Crippen LogP contribution in [0.25, 0.3) is 0 Å². The summed E-state index contributed by atoms with van der Waals surface area (Å²) in [6.45, 7) is 10.3. The first-order chi connectivity index (χ1) is 14.9. The van der Waals surface area contributed by atoms with Crippen molar-refractivity contribution in [2.24, 2.45) is 5.41 Å². The molecule has 160 valence electrons. The van der Waals surface area contributed by atoms with E-state index in [1.807, 2.05) is 37.8 Å². The molecule has 1 spiro atoms. The first-order valence-electron chi connectivity index (χ1n) is 10.9.